The number of hydrogen-bond donors (Lipinski definition) is 4. The summed E-state index contributed by atoms with van der Waals surface area (Å²) in [5.41, 5.74) is 5.66. The minimum atomic E-state index is -1.16. The molecule has 1 unspecified atom stereocenters. The van der Waals surface area contributed by atoms with Crippen LogP contribution in [0, 0.1) is 12.8 Å². The number of carboxylic acid groups (broad SMARTS) is 2. The number of nitrogens with zero attached hydrogens (tertiary/aromatic N) is 2. The second-order valence-corrected chi connectivity index (χ2v) is 7.13. The summed E-state index contributed by atoms with van der Waals surface area (Å²) in [7, 11) is 0. The molecular formula is C19H28N4O6. The zero-order valence-corrected chi connectivity index (χ0v) is 17.1. The average molecular weight is 408 g/mol. The molecule has 10 nitrogen and oxygen atoms in total. The van der Waals surface area contributed by atoms with Crippen molar-refractivity contribution in [1.29, 1.82) is 0 Å². The summed E-state index contributed by atoms with van der Waals surface area (Å²) < 4.78 is 0. The van der Waals surface area contributed by atoms with Gasteiger partial charge in [-0.1, -0.05) is 13.8 Å². The predicted molar refractivity (Wildman–Crippen MR) is 106 cm³/mol. The van der Waals surface area contributed by atoms with Crippen LogP contribution in [0.4, 0.5) is 5.82 Å². The zero-order chi connectivity index (χ0) is 22.3. The van der Waals surface area contributed by atoms with E-state index < -0.39 is 17.8 Å². The number of nitrogens with two attached hydrogens (primary N) is 1. The topological polar surface area (TPSA) is 163 Å². The molecule has 2 rings (SSSR count). The first-order valence-corrected chi connectivity index (χ1v) is 9.23. The predicted octanol–water partition coefficient (Wildman–Crippen LogP) is 1.34. The van der Waals surface area contributed by atoms with E-state index in [-0.39, 0.29) is 34.8 Å². The number of amides is 2. The fraction of sp³-hybridized carbons (Fsp3) is 0.526. The first-order chi connectivity index (χ1) is 13.4. The van der Waals surface area contributed by atoms with Gasteiger partial charge in [-0.25, -0.2) is 9.78 Å². The summed E-state index contributed by atoms with van der Waals surface area (Å²) in [6.45, 7) is 7.59. The number of aromatic nitrogens is 1. The smallest absolute Gasteiger partial charge is 0.337 e. The molecule has 10 heteroatoms. The van der Waals surface area contributed by atoms with E-state index in [0.29, 0.717) is 18.8 Å². The summed E-state index contributed by atoms with van der Waals surface area (Å²) in [4.78, 5) is 50.1. The van der Waals surface area contributed by atoms with Crippen LogP contribution in [0.3, 0.4) is 0 Å². The largest absolute Gasteiger partial charge is 0.481 e. The molecule has 2 amide bonds. The lowest BCUT2D eigenvalue weighted by molar-refractivity contribution is -0.136. The fourth-order valence-corrected chi connectivity index (χ4v) is 2.97. The highest BCUT2D eigenvalue weighted by atomic mass is 16.4. The van der Waals surface area contributed by atoms with E-state index in [9.17, 15) is 19.5 Å². The van der Waals surface area contributed by atoms with Gasteiger partial charge in [0.15, 0.2) is 0 Å². The Hall–Kier alpha value is -3.17. The number of hydrogen-bond acceptors (Lipinski definition) is 6. The van der Waals surface area contributed by atoms with Crippen molar-refractivity contribution >= 4 is 29.6 Å². The molecule has 2 heterocycles. The first-order valence-electron chi connectivity index (χ1n) is 9.23. The standard InChI is InChI=1S/C17H24N4O4.C2H4O2/c1-9(2)16(23)21-6-4-5-11(8-21)20-15-13(14(18)22)7-12(17(24)25)10(3)19-15;1-2(3)4/h7,9,11H,4-6,8H2,1-3H3,(H2,18,22)(H,19,20)(H,24,25);1H3,(H,3,4). The van der Waals surface area contributed by atoms with Gasteiger partial charge in [-0.2, -0.15) is 0 Å². The van der Waals surface area contributed by atoms with Crippen LogP contribution in [0.5, 0.6) is 0 Å². The number of nitrogens with one attached hydrogen (secondary N) is 1. The highest BCUT2D eigenvalue weighted by molar-refractivity contribution is 6.00. The molecule has 1 atom stereocenters. The molecule has 0 radical (unpaired) electrons. The Morgan fingerprint density at radius 3 is 2.31 bits per heavy atom. The average Bonchev–Trinajstić information content (AvgIpc) is 2.60. The third-order valence-electron chi connectivity index (χ3n) is 4.28. The van der Waals surface area contributed by atoms with Crippen molar-refractivity contribution in [2.45, 2.75) is 46.6 Å². The molecule has 0 saturated carbocycles. The van der Waals surface area contributed by atoms with E-state index in [4.69, 9.17) is 15.6 Å². The van der Waals surface area contributed by atoms with Crippen molar-refractivity contribution in [1.82, 2.24) is 9.88 Å². The summed E-state index contributed by atoms with van der Waals surface area (Å²) in [6, 6.07) is 1.17. The van der Waals surface area contributed by atoms with Crippen molar-refractivity contribution in [3.05, 3.63) is 22.9 Å². The Kier molecular flexibility index (Phi) is 8.56. The van der Waals surface area contributed by atoms with Gasteiger partial charge in [0.2, 0.25) is 5.91 Å². The molecule has 29 heavy (non-hydrogen) atoms. The van der Waals surface area contributed by atoms with Crippen molar-refractivity contribution < 1.29 is 29.4 Å². The number of rotatable bonds is 5. The quantitative estimate of drug-likeness (QED) is 0.567. The van der Waals surface area contributed by atoms with E-state index in [1.165, 1.54) is 6.07 Å². The molecule has 0 bridgehead atoms. The van der Waals surface area contributed by atoms with Crippen molar-refractivity contribution in [3.63, 3.8) is 0 Å². The Morgan fingerprint density at radius 2 is 1.83 bits per heavy atom. The molecular weight excluding hydrogens is 380 g/mol. The number of primary amides is 1. The van der Waals surface area contributed by atoms with Gasteiger partial charge in [-0.3, -0.25) is 14.4 Å². The van der Waals surface area contributed by atoms with E-state index >= 15 is 0 Å². The van der Waals surface area contributed by atoms with E-state index in [1.54, 1.807) is 11.8 Å². The lowest BCUT2D eigenvalue weighted by atomic mass is 10.0. The van der Waals surface area contributed by atoms with Gasteiger partial charge in [0.1, 0.15) is 5.82 Å². The molecule has 1 aromatic rings. The number of carboxylic acids is 2. The Bertz CT molecular complexity index is 789. The zero-order valence-electron chi connectivity index (χ0n) is 17.1. The van der Waals surface area contributed by atoms with Crippen molar-refractivity contribution in [3.8, 4) is 0 Å². The van der Waals surface area contributed by atoms with Crippen LogP contribution in [0.2, 0.25) is 0 Å². The minimum absolute atomic E-state index is 0.0373. The van der Waals surface area contributed by atoms with E-state index in [2.05, 4.69) is 10.3 Å². The number of likely N-dealkylation sites (tertiary alicyclic amines) is 1. The molecule has 0 aliphatic carbocycles. The Morgan fingerprint density at radius 1 is 1.24 bits per heavy atom. The van der Waals surface area contributed by atoms with Crippen LogP contribution in [0.25, 0.3) is 0 Å². The summed E-state index contributed by atoms with van der Waals surface area (Å²) in [5, 5.41) is 19.8. The van der Waals surface area contributed by atoms with Gasteiger partial charge >= 0.3 is 5.97 Å². The van der Waals surface area contributed by atoms with E-state index in [1.807, 2.05) is 13.8 Å². The third kappa shape index (κ3) is 7.05. The number of aromatic carboxylic acids is 1. The number of pyridine rings is 1. The Balaban J connectivity index is 0.000000960. The second-order valence-electron chi connectivity index (χ2n) is 7.13. The number of anilines is 1. The van der Waals surface area contributed by atoms with Crippen LogP contribution in [-0.2, 0) is 9.59 Å². The fourth-order valence-electron chi connectivity index (χ4n) is 2.97. The highest BCUT2D eigenvalue weighted by Crippen LogP contribution is 2.22. The summed E-state index contributed by atoms with van der Waals surface area (Å²) >= 11 is 0. The normalized spacial score (nSPS) is 15.9. The van der Waals surface area contributed by atoms with Crippen LogP contribution >= 0.6 is 0 Å². The summed E-state index contributed by atoms with van der Waals surface area (Å²) in [6.07, 6.45) is 1.66. The van der Waals surface area contributed by atoms with Crippen LogP contribution in [0.1, 0.15) is 60.0 Å². The number of carbonyl (C=O) groups excluding carboxylic acids is 2. The third-order valence-corrected chi connectivity index (χ3v) is 4.28. The molecule has 1 aromatic heterocycles. The molecule has 0 spiro atoms. The van der Waals surface area contributed by atoms with Gasteiger partial charge in [-0.05, 0) is 25.8 Å². The lowest BCUT2D eigenvalue weighted by Gasteiger charge is -2.34. The Labute approximate surface area is 169 Å². The number of aryl methyl sites for hydroxylation is 1. The van der Waals surface area contributed by atoms with Crippen molar-refractivity contribution in [2.75, 3.05) is 18.4 Å². The lowest BCUT2D eigenvalue weighted by Crippen LogP contribution is -2.46. The maximum absolute atomic E-state index is 12.2. The van der Waals surface area contributed by atoms with Crippen LogP contribution in [-0.4, -0.2) is 63.0 Å². The van der Waals surface area contributed by atoms with Gasteiger partial charge < -0.3 is 26.2 Å². The number of piperidine rings is 1. The van der Waals surface area contributed by atoms with Gasteiger partial charge in [-0.15, -0.1) is 0 Å². The maximum Gasteiger partial charge on any atom is 0.337 e. The minimum Gasteiger partial charge on any atom is -0.481 e. The highest BCUT2D eigenvalue weighted by Gasteiger charge is 2.27. The summed E-state index contributed by atoms with van der Waals surface area (Å²) in [5.74, 6) is -2.46. The van der Waals surface area contributed by atoms with Gasteiger partial charge in [0.05, 0.1) is 16.8 Å². The van der Waals surface area contributed by atoms with Crippen molar-refractivity contribution in [2.24, 2.45) is 11.7 Å². The molecule has 1 saturated heterocycles. The van der Waals surface area contributed by atoms with Crippen LogP contribution < -0.4 is 11.1 Å². The SMILES string of the molecule is CC(=O)O.Cc1nc(NC2CCCN(C(=O)C(C)C)C2)c(C(N)=O)cc1C(=O)O. The van der Waals surface area contributed by atoms with Gasteiger partial charge in [0, 0.05) is 32.0 Å². The molecule has 0 aromatic carbocycles. The van der Waals surface area contributed by atoms with Gasteiger partial charge in [0.25, 0.3) is 11.9 Å². The second kappa shape index (κ2) is 10.4. The number of carbonyl (C=O) groups is 4. The molecule has 1 aliphatic heterocycles. The van der Waals surface area contributed by atoms with Crippen LogP contribution in [0.15, 0.2) is 6.07 Å². The van der Waals surface area contributed by atoms with E-state index in [0.717, 1.165) is 19.8 Å². The molecule has 1 aliphatic rings. The first kappa shape index (κ1) is 23.9. The maximum atomic E-state index is 12.2. The monoisotopic (exact) mass is 408 g/mol. The molecule has 160 valence electrons. The molecule has 1 fully saturated rings. The molecule has 5 N–H and O–H groups in total. The number of aliphatic carboxylic acids is 1.